The number of phenolic OH excluding ortho intramolecular Hbond substituents is 1. The summed E-state index contributed by atoms with van der Waals surface area (Å²) in [4.78, 5) is 23.3. The van der Waals surface area contributed by atoms with Gasteiger partial charge in [-0.1, -0.05) is 26.3 Å². The minimum absolute atomic E-state index is 0.0149. The predicted molar refractivity (Wildman–Crippen MR) is 73.0 cm³/mol. The minimum Gasteiger partial charge on any atom is -0.504 e. The number of methoxy groups -OCH3 is 1. The molecule has 1 amide bonds. The van der Waals surface area contributed by atoms with Crippen molar-refractivity contribution in [2.45, 2.75) is 26.3 Å². The van der Waals surface area contributed by atoms with Crippen molar-refractivity contribution in [3.63, 3.8) is 0 Å². The number of carbonyl (C=O) groups excluding carboxylic acids is 1. The molecule has 0 saturated heterocycles. The summed E-state index contributed by atoms with van der Waals surface area (Å²) in [6.07, 6.45) is 0.612. The van der Waals surface area contributed by atoms with Gasteiger partial charge in [0.15, 0.2) is 11.5 Å². The molecular formula is C14H19NO5. The summed E-state index contributed by atoms with van der Waals surface area (Å²) in [5.41, 5.74) is -0.0149. The monoisotopic (exact) mass is 281 g/mol. The van der Waals surface area contributed by atoms with Crippen LogP contribution >= 0.6 is 0 Å². The molecule has 0 aliphatic carbocycles. The number of nitrogens with one attached hydrogen (secondary N) is 1. The first-order valence-electron chi connectivity index (χ1n) is 6.32. The smallest absolute Gasteiger partial charge is 0.326 e. The van der Waals surface area contributed by atoms with Gasteiger partial charge in [0.25, 0.3) is 5.91 Å². The van der Waals surface area contributed by atoms with Crippen LogP contribution in [0.2, 0.25) is 0 Å². The molecule has 0 saturated carbocycles. The lowest BCUT2D eigenvalue weighted by molar-refractivity contribution is -0.140. The molecule has 20 heavy (non-hydrogen) atoms. The van der Waals surface area contributed by atoms with Gasteiger partial charge in [-0.15, -0.1) is 0 Å². The molecule has 0 spiro atoms. The van der Waals surface area contributed by atoms with E-state index in [1.54, 1.807) is 13.0 Å². The molecule has 6 heteroatoms. The Labute approximate surface area is 117 Å². The van der Waals surface area contributed by atoms with E-state index in [1.807, 2.05) is 6.92 Å². The molecule has 1 aromatic carbocycles. The maximum absolute atomic E-state index is 12.1. The number of carboxylic acids is 1. The molecule has 0 aliphatic rings. The summed E-state index contributed by atoms with van der Waals surface area (Å²) in [6, 6.07) is 3.46. The molecule has 2 atom stereocenters. The standard InChI is InChI=1S/C14H19NO5/c1-4-8(2)11(14(18)19)15-13(17)9-6-5-7-10(20-3)12(9)16/h5-8,11,16H,4H2,1-3H3,(H,15,17)(H,18,19)/t8-,11-/m0/s1. The zero-order chi connectivity index (χ0) is 15.3. The number of phenols is 1. The van der Waals surface area contributed by atoms with Crippen molar-refractivity contribution in [1.29, 1.82) is 0 Å². The number of hydrogen-bond acceptors (Lipinski definition) is 4. The second-order valence-electron chi connectivity index (χ2n) is 4.53. The van der Waals surface area contributed by atoms with Crippen LogP contribution in [0.5, 0.6) is 11.5 Å². The van der Waals surface area contributed by atoms with E-state index < -0.39 is 17.9 Å². The van der Waals surface area contributed by atoms with E-state index in [1.165, 1.54) is 19.2 Å². The highest BCUT2D eigenvalue weighted by atomic mass is 16.5. The number of hydrogen-bond donors (Lipinski definition) is 3. The Bertz CT molecular complexity index is 500. The van der Waals surface area contributed by atoms with Gasteiger partial charge in [0, 0.05) is 0 Å². The number of ether oxygens (including phenoxy) is 1. The Morgan fingerprint density at radius 2 is 2.05 bits per heavy atom. The van der Waals surface area contributed by atoms with E-state index in [0.29, 0.717) is 6.42 Å². The highest BCUT2D eigenvalue weighted by molar-refractivity contribution is 5.99. The average molecular weight is 281 g/mol. The van der Waals surface area contributed by atoms with Gasteiger partial charge in [-0.2, -0.15) is 0 Å². The average Bonchev–Trinajstić information content (AvgIpc) is 2.43. The Kier molecular flexibility index (Phi) is 5.37. The first kappa shape index (κ1) is 15.8. The molecular weight excluding hydrogens is 262 g/mol. The van der Waals surface area contributed by atoms with Crippen LogP contribution in [0.15, 0.2) is 18.2 Å². The van der Waals surface area contributed by atoms with E-state index in [0.717, 1.165) is 0 Å². The quantitative estimate of drug-likeness (QED) is 0.736. The van der Waals surface area contributed by atoms with Gasteiger partial charge in [0.1, 0.15) is 6.04 Å². The maximum atomic E-state index is 12.1. The van der Waals surface area contributed by atoms with Crippen LogP contribution in [0.25, 0.3) is 0 Å². The van der Waals surface area contributed by atoms with E-state index in [9.17, 15) is 14.7 Å². The van der Waals surface area contributed by atoms with E-state index in [-0.39, 0.29) is 23.0 Å². The molecule has 0 bridgehead atoms. The Balaban J connectivity index is 2.98. The molecule has 0 heterocycles. The SMILES string of the molecule is CC[C@H](C)[C@H](NC(=O)c1cccc(OC)c1O)C(=O)O. The third kappa shape index (κ3) is 3.40. The van der Waals surface area contributed by atoms with Crippen molar-refractivity contribution in [1.82, 2.24) is 5.32 Å². The zero-order valence-electron chi connectivity index (χ0n) is 11.7. The van der Waals surface area contributed by atoms with Gasteiger partial charge < -0.3 is 20.3 Å². The largest absolute Gasteiger partial charge is 0.504 e. The zero-order valence-corrected chi connectivity index (χ0v) is 11.7. The Hall–Kier alpha value is -2.24. The van der Waals surface area contributed by atoms with Gasteiger partial charge in [0.05, 0.1) is 12.7 Å². The Morgan fingerprint density at radius 1 is 1.40 bits per heavy atom. The summed E-state index contributed by atoms with van der Waals surface area (Å²) in [5, 5.41) is 21.4. The van der Waals surface area contributed by atoms with Crippen LogP contribution in [0.4, 0.5) is 0 Å². The van der Waals surface area contributed by atoms with E-state index in [2.05, 4.69) is 5.32 Å². The number of rotatable bonds is 6. The Morgan fingerprint density at radius 3 is 2.55 bits per heavy atom. The third-order valence-corrected chi connectivity index (χ3v) is 3.23. The fraction of sp³-hybridized carbons (Fsp3) is 0.429. The van der Waals surface area contributed by atoms with Crippen LogP contribution in [-0.2, 0) is 4.79 Å². The van der Waals surface area contributed by atoms with Crippen molar-refractivity contribution in [2.75, 3.05) is 7.11 Å². The normalized spacial score (nSPS) is 13.3. The summed E-state index contributed by atoms with van der Waals surface area (Å²) in [6.45, 7) is 3.58. The number of benzene rings is 1. The van der Waals surface area contributed by atoms with Gasteiger partial charge in [-0.3, -0.25) is 4.79 Å². The molecule has 0 fully saturated rings. The fourth-order valence-corrected chi connectivity index (χ4v) is 1.77. The molecule has 1 rings (SSSR count). The van der Waals surface area contributed by atoms with Crippen LogP contribution in [-0.4, -0.2) is 35.2 Å². The first-order valence-corrected chi connectivity index (χ1v) is 6.32. The highest BCUT2D eigenvalue weighted by Gasteiger charge is 2.27. The molecule has 6 nitrogen and oxygen atoms in total. The molecule has 3 N–H and O–H groups in total. The summed E-state index contributed by atoms with van der Waals surface area (Å²) < 4.78 is 4.91. The van der Waals surface area contributed by atoms with Gasteiger partial charge in [0.2, 0.25) is 0 Å². The molecule has 110 valence electrons. The molecule has 1 aromatic rings. The van der Waals surface area contributed by atoms with Crippen molar-refractivity contribution >= 4 is 11.9 Å². The van der Waals surface area contributed by atoms with Crippen molar-refractivity contribution < 1.29 is 24.5 Å². The summed E-state index contributed by atoms with van der Waals surface area (Å²) in [5.74, 6) is -2.11. The van der Waals surface area contributed by atoms with Gasteiger partial charge in [-0.05, 0) is 18.1 Å². The van der Waals surface area contributed by atoms with Crippen LogP contribution in [0, 0.1) is 5.92 Å². The second kappa shape index (κ2) is 6.79. The molecule has 0 aromatic heterocycles. The van der Waals surface area contributed by atoms with Crippen molar-refractivity contribution in [2.24, 2.45) is 5.92 Å². The number of amides is 1. The molecule has 0 aliphatic heterocycles. The minimum atomic E-state index is -1.10. The first-order chi connectivity index (χ1) is 9.42. The van der Waals surface area contributed by atoms with Crippen molar-refractivity contribution in [3.8, 4) is 11.5 Å². The van der Waals surface area contributed by atoms with Gasteiger partial charge in [-0.25, -0.2) is 4.79 Å². The highest BCUT2D eigenvalue weighted by Crippen LogP contribution is 2.29. The maximum Gasteiger partial charge on any atom is 0.326 e. The summed E-state index contributed by atoms with van der Waals surface area (Å²) >= 11 is 0. The number of aromatic hydroxyl groups is 1. The van der Waals surface area contributed by atoms with E-state index in [4.69, 9.17) is 9.84 Å². The van der Waals surface area contributed by atoms with Crippen LogP contribution in [0.1, 0.15) is 30.6 Å². The predicted octanol–water partition coefficient (Wildman–Crippen LogP) is 1.63. The number of carbonyl (C=O) groups is 2. The van der Waals surface area contributed by atoms with Crippen molar-refractivity contribution in [3.05, 3.63) is 23.8 Å². The molecule has 0 radical (unpaired) electrons. The lowest BCUT2D eigenvalue weighted by Crippen LogP contribution is -2.45. The summed E-state index contributed by atoms with van der Waals surface area (Å²) in [7, 11) is 1.37. The fourth-order valence-electron chi connectivity index (χ4n) is 1.77. The second-order valence-corrected chi connectivity index (χ2v) is 4.53. The number of aliphatic carboxylic acids is 1. The third-order valence-electron chi connectivity index (χ3n) is 3.23. The topological polar surface area (TPSA) is 95.9 Å². The van der Waals surface area contributed by atoms with Crippen LogP contribution in [0.3, 0.4) is 0 Å². The molecule has 0 unspecified atom stereocenters. The lowest BCUT2D eigenvalue weighted by Gasteiger charge is -2.20. The lowest BCUT2D eigenvalue weighted by atomic mass is 9.99. The van der Waals surface area contributed by atoms with Crippen LogP contribution < -0.4 is 10.1 Å². The number of carboxylic acid groups (broad SMARTS) is 1. The number of para-hydroxylation sites is 1. The van der Waals surface area contributed by atoms with Gasteiger partial charge >= 0.3 is 5.97 Å². The van der Waals surface area contributed by atoms with E-state index >= 15 is 0 Å².